The molecule has 0 bridgehead atoms. The summed E-state index contributed by atoms with van der Waals surface area (Å²) in [5.74, 6) is -0.315. The van der Waals surface area contributed by atoms with Gasteiger partial charge in [0.1, 0.15) is 0 Å². The molecule has 1 unspecified atom stereocenters. The zero-order chi connectivity index (χ0) is 8.55. The highest BCUT2D eigenvalue weighted by Crippen LogP contribution is 2.19. The summed E-state index contributed by atoms with van der Waals surface area (Å²) >= 11 is 0. The minimum atomic E-state index is -0.624. The van der Waals surface area contributed by atoms with Crippen LogP contribution in [-0.2, 0) is 4.74 Å². The molecule has 1 amide bonds. The SMILES string of the molecule is O=C1NC2C=CC=CC2=C(O)O1. The van der Waals surface area contributed by atoms with E-state index >= 15 is 0 Å². The van der Waals surface area contributed by atoms with Gasteiger partial charge in [0.15, 0.2) is 0 Å². The van der Waals surface area contributed by atoms with E-state index in [9.17, 15) is 9.90 Å². The molecule has 62 valence electrons. The normalized spacial score (nSPS) is 26.3. The van der Waals surface area contributed by atoms with E-state index in [-0.39, 0.29) is 12.0 Å². The van der Waals surface area contributed by atoms with E-state index < -0.39 is 6.09 Å². The summed E-state index contributed by atoms with van der Waals surface area (Å²) in [6.07, 6.45) is 6.41. The lowest BCUT2D eigenvalue weighted by Crippen LogP contribution is -2.40. The van der Waals surface area contributed by atoms with Gasteiger partial charge in [0.05, 0.1) is 11.6 Å². The fourth-order valence-electron chi connectivity index (χ4n) is 1.18. The van der Waals surface area contributed by atoms with Crippen molar-refractivity contribution in [2.45, 2.75) is 6.04 Å². The monoisotopic (exact) mass is 165 g/mol. The van der Waals surface area contributed by atoms with Crippen molar-refractivity contribution in [2.24, 2.45) is 0 Å². The largest absolute Gasteiger partial charge is 0.480 e. The zero-order valence-corrected chi connectivity index (χ0v) is 6.15. The van der Waals surface area contributed by atoms with Crippen LogP contribution in [0.5, 0.6) is 0 Å². The second kappa shape index (κ2) is 2.41. The molecule has 2 N–H and O–H groups in total. The Labute approximate surface area is 68.8 Å². The van der Waals surface area contributed by atoms with Crippen LogP contribution in [0.1, 0.15) is 0 Å². The Bertz CT molecular complexity index is 314. The van der Waals surface area contributed by atoms with Gasteiger partial charge in [-0.05, 0) is 6.08 Å². The van der Waals surface area contributed by atoms with Crippen LogP contribution in [0.3, 0.4) is 0 Å². The van der Waals surface area contributed by atoms with Crippen LogP contribution in [0.25, 0.3) is 0 Å². The van der Waals surface area contributed by atoms with Gasteiger partial charge in [-0.2, -0.15) is 0 Å². The number of cyclic esters (lactones) is 1. The van der Waals surface area contributed by atoms with E-state index in [0.29, 0.717) is 5.57 Å². The third kappa shape index (κ3) is 0.972. The third-order valence-electron chi connectivity index (χ3n) is 1.74. The summed E-state index contributed by atoms with van der Waals surface area (Å²) in [6, 6.07) is -0.253. The number of carbonyl (C=O) groups excluding carboxylic acids is 1. The number of alkyl carbamates (subject to hydrolysis) is 1. The van der Waals surface area contributed by atoms with E-state index in [1.54, 1.807) is 24.3 Å². The smallest absolute Gasteiger partial charge is 0.415 e. The first-order valence-electron chi connectivity index (χ1n) is 3.54. The maximum atomic E-state index is 10.7. The molecule has 4 heteroatoms. The van der Waals surface area contributed by atoms with Crippen LogP contribution in [-0.4, -0.2) is 17.2 Å². The number of aliphatic hydroxyl groups is 1. The summed E-state index contributed by atoms with van der Waals surface area (Å²) < 4.78 is 4.46. The van der Waals surface area contributed by atoms with Crippen molar-refractivity contribution in [2.75, 3.05) is 0 Å². The molecule has 12 heavy (non-hydrogen) atoms. The minimum absolute atomic E-state index is 0.253. The number of amides is 1. The molecule has 2 rings (SSSR count). The molecule has 0 spiro atoms. The highest BCUT2D eigenvalue weighted by Gasteiger charge is 2.26. The Morgan fingerprint density at radius 1 is 1.50 bits per heavy atom. The molecule has 0 aromatic carbocycles. The first-order chi connectivity index (χ1) is 5.77. The molecule has 1 heterocycles. The zero-order valence-electron chi connectivity index (χ0n) is 6.15. The Kier molecular flexibility index (Phi) is 1.40. The Balaban J connectivity index is 2.40. The molecule has 0 saturated carbocycles. The van der Waals surface area contributed by atoms with E-state index in [1.807, 2.05) is 0 Å². The highest BCUT2D eigenvalue weighted by molar-refractivity contribution is 5.72. The fraction of sp³-hybridized carbons (Fsp3) is 0.125. The average Bonchev–Trinajstić information content (AvgIpc) is 2.04. The number of ether oxygens (including phenoxy) is 1. The number of hydrogen-bond donors (Lipinski definition) is 2. The van der Waals surface area contributed by atoms with Crippen molar-refractivity contribution in [3.63, 3.8) is 0 Å². The van der Waals surface area contributed by atoms with Crippen molar-refractivity contribution in [1.29, 1.82) is 0 Å². The van der Waals surface area contributed by atoms with Gasteiger partial charge in [-0.1, -0.05) is 18.2 Å². The lowest BCUT2D eigenvalue weighted by Gasteiger charge is -2.23. The predicted molar refractivity (Wildman–Crippen MR) is 41.3 cm³/mol. The lowest BCUT2D eigenvalue weighted by atomic mass is 10.0. The molecule has 1 aliphatic heterocycles. The van der Waals surface area contributed by atoms with Crippen molar-refractivity contribution >= 4 is 6.09 Å². The number of nitrogens with one attached hydrogen (secondary N) is 1. The van der Waals surface area contributed by atoms with E-state index in [4.69, 9.17) is 0 Å². The lowest BCUT2D eigenvalue weighted by molar-refractivity contribution is 0.106. The van der Waals surface area contributed by atoms with Gasteiger partial charge in [0, 0.05) is 0 Å². The number of rotatable bonds is 0. The molecule has 0 radical (unpaired) electrons. The second-order valence-corrected chi connectivity index (χ2v) is 2.52. The molecule has 2 aliphatic rings. The second-order valence-electron chi connectivity index (χ2n) is 2.52. The van der Waals surface area contributed by atoms with Crippen LogP contribution in [0, 0.1) is 0 Å². The number of hydrogen-bond acceptors (Lipinski definition) is 3. The Morgan fingerprint density at radius 3 is 3.17 bits per heavy atom. The van der Waals surface area contributed by atoms with Crippen molar-refractivity contribution in [3.8, 4) is 0 Å². The molecule has 4 nitrogen and oxygen atoms in total. The van der Waals surface area contributed by atoms with Gasteiger partial charge in [-0.25, -0.2) is 4.79 Å². The molecule has 0 fully saturated rings. The van der Waals surface area contributed by atoms with Crippen LogP contribution in [0.4, 0.5) is 4.79 Å². The molecule has 1 aliphatic carbocycles. The van der Waals surface area contributed by atoms with Crippen LogP contribution >= 0.6 is 0 Å². The van der Waals surface area contributed by atoms with Crippen molar-refractivity contribution < 1.29 is 14.6 Å². The van der Waals surface area contributed by atoms with Crippen molar-refractivity contribution in [1.82, 2.24) is 5.32 Å². The quantitative estimate of drug-likeness (QED) is 0.562. The van der Waals surface area contributed by atoms with Gasteiger partial charge >= 0.3 is 6.09 Å². The molecule has 0 aromatic heterocycles. The summed E-state index contributed by atoms with van der Waals surface area (Å²) in [7, 11) is 0. The number of aliphatic hydroxyl groups excluding tert-OH is 1. The highest BCUT2D eigenvalue weighted by atomic mass is 16.6. The maximum absolute atomic E-state index is 10.7. The molecular formula is C8H7NO3. The van der Waals surface area contributed by atoms with Gasteiger partial charge in [-0.15, -0.1) is 0 Å². The van der Waals surface area contributed by atoms with Crippen molar-refractivity contribution in [3.05, 3.63) is 35.8 Å². The number of carbonyl (C=O) groups is 1. The minimum Gasteiger partial charge on any atom is -0.480 e. The molecule has 1 atom stereocenters. The molecule has 0 aromatic rings. The van der Waals surface area contributed by atoms with E-state index in [2.05, 4.69) is 10.1 Å². The predicted octanol–water partition coefficient (Wildman–Crippen LogP) is 0.990. The van der Waals surface area contributed by atoms with E-state index in [1.165, 1.54) is 0 Å². The van der Waals surface area contributed by atoms with Gasteiger partial charge in [0.25, 0.3) is 5.95 Å². The van der Waals surface area contributed by atoms with Crippen LogP contribution in [0.15, 0.2) is 35.8 Å². The Morgan fingerprint density at radius 2 is 2.33 bits per heavy atom. The summed E-state index contributed by atoms with van der Waals surface area (Å²) in [5, 5.41) is 11.7. The average molecular weight is 165 g/mol. The maximum Gasteiger partial charge on any atom is 0.415 e. The summed E-state index contributed by atoms with van der Waals surface area (Å²) in [6.45, 7) is 0. The first-order valence-corrected chi connectivity index (χ1v) is 3.54. The van der Waals surface area contributed by atoms with Gasteiger partial charge < -0.3 is 15.2 Å². The topological polar surface area (TPSA) is 58.6 Å². The number of allylic oxidation sites excluding steroid dienone is 2. The third-order valence-corrected chi connectivity index (χ3v) is 1.74. The van der Waals surface area contributed by atoms with E-state index in [0.717, 1.165) is 0 Å². The fourth-order valence-corrected chi connectivity index (χ4v) is 1.18. The molecular weight excluding hydrogens is 158 g/mol. The first kappa shape index (κ1) is 6.97. The van der Waals surface area contributed by atoms with Crippen LogP contribution in [0.2, 0.25) is 0 Å². The summed E-state index contributed by atoms with van der Waals surface area (Å²) in [5.41, 5.74) is 0.581. The Hall–Kier alpha value is -1.71. The summed E-state index contributed by atoms with van der Waals surface area (Å²) in [4.78, 5) is 10.7. The number of fused-ring (bicyclic) bond motifs is 1. The van der Waals surface area contributed by atoms with Gasteiger partial charge in [0.2, 0.25) is 0 Å². The van der Waals surface area contributed by atoms with Crippen LogP contribution < -0.4 is 5.32 Å². The molecule has 0 saturated heterocycles. The standard InChI is InChI=1S/C8H7NO3/c10-7-5-3-1-2-4-6(5)9-8(11)12-7/h1-4,6,10H,(H,9,11). The van der Waals surface area contributed by atoms with Gasteiger partial charge in [-0.3, -0.25) is 0 Å².